The molecule has 2 bridgehead atoms. The first-order valence-electron chi connectivity index (χ1n) is 16.3. The van der Waals surface area contributed by atoms with Crippen LogP contribution in [0.4, 0.5) is 4.39 Å². The fourth-order valence-corrected chi connectivity index (χ4v) is 6.94. The zero-order chi connectivity index (χ0) is 31.3. The van der Waals surface area contributed by atoms with Gasteiger partial charge in [0, 0.05) is 62.9 Å². The molecule has 7 rings (SSSR count). The lowest BCUT2D eigenvalue weighted by Crippen LogP contribution is -2.63. The highest BCUT2D eigenvalue weighted by atomic mass is 19.1. The Balaban J connectivity index is 1.08. The number of para-hydroxylation sites is 1. The minimum absolute atomic E-state index is 0.0329. The molecule has 7 nitrogen and oxygen atoms in total. The smallest absolute Gasteiger partial charge is 0.253 e. The van der Waals surface area contributed by atoms with Gasteiger partial charge in [-0.2, -0.15) is 0 Å². The molecule has 0 saturated carbocycles. The molecule has 3 saturated heterocycles. The van der Waals surface area contributed by atoms with Gasteiger partial charge in [-0.25, -0.2) is 4.39 Å². The third-order valence-electron chi connectivity index (χ3n) is 9.07. The Morgan fingerprint density at radius 3 is 2.40 bits per heavy atom. The summed E-state index contributed by atoms with van der Waals surface area (Å²) in [5, 5.41) is 4.06. The highest BCUT2D eigenvalue weighted by Crippen LogP contribution is 2.32. The highest BCUT2D eigenvalue weighted by Gasteiger charge is 2.38. The largest absolute Gasteiger partial charge is 0.492 e. The average molecular weight is 613 g/mol. The molecule has 0 aliphatic carbocycles. The van der Waals surface area contributed by atoms with E-state index < -0.39 is 0 Å². The van der Waals surface area contributed by atoms with Gasteiger partial charge in [0.15, 0.2) is 0 Å². The fourth-order valence-electron chi connectivity index (χ4n) is 6.94. The first-order chi connectivity index (χ1) is 21.8. The molecule has 45 heavy (non-hydrogen) atoms. The molecule has 0 radical (unpaired) electrons. The Bertz CT molecular complexity index is 1600. The van der Waals surface area contributed by atoms with Crippen molar-refractivity contribution >= 4 is 16.8 Å². The SMILES string of the molecule is Cc1cccc(CNC(=O)c2cn(CCCN3CC4CCC3CN4CCOc3ccc(F)cc3)c3c(OC(C)C)cccc23)c1. The van der Waals surface area contributed by atoms with Crippen LogP contribution in [0.2, 0.25) is 0 Å². The van der Waals surface area contributed by atoms with Crippen molar-refractivity contribution in [2.45, 2.75) is 71.3 Å². The van der Waals surface area contributed by atoms with Crippen LogP contribution in [0, 0.1) is 12.7 Å². The number of hydrogen-bond acceptors (Lipinski definition) is 5. The zero-order valence-corrected chi connectivity index (χ0v) is 26.7. The summed E-state index contributed by atoms with van der Waals surface area (Å²) in [6.45, 7) is 12.1. The first-order valence-corrected chi connectivity index (χ1v) is 16.3. The minimum Gasteiger partial charge on any atom is -0.492 e. The molecule has 2 atom stereocenters. The van der Waals surface area contributed by atoms with Crippen molar-refractivity contribution in [1.29, 1.82) is 0 Å². The van der Waals surface area contributed by atoms with Crippen LogP contribution in [0.25, 0.3) is 10.9 Å². The molecule has 4 heterocycles. The van der Waals surface area contributed by atoms with Crippen molar-refractivity contribution < 1.29 is 18.7 Å². The Kier molecular flexibility index (Phi) is 9.71. The molecule has 4 aromatic rings. The number of hydrogen-bond donors (Lipinski definition) is 1. The summed E-state index contributed by atoms with van der Waals surface area (Å²) < 4.78 is 27.5. The fraction of sp³-hybridized carbons (Fsp3) is 0.432. The summed E-state index contributed by atoms with van der Waals surface area (Å²) in [4.78, 5) is 18.7. The normalized spacial score (nSPS) is 18.5. The van der Waals surface area contributed by atoms with Crippen molar-refractivity contribution in [1.82, 2.24) is 19.7 Å². The zero-order valence-electron chi connectivity index (χ0n) is 26.7. The molecular formula is C37H45FN4O3. The number of rotatable bonds is 13. The maximum absolute atomic E-state index is 13.5. The maximum Gasteiger partial charge on any atom is 0.253 e. The van der Waals surface area contributed by atoms with Crippen molar-refractivity contribution in [2.24, 2.45) is 0 Å². The molecule has 3 fully saturated rings. The van der Waals surface area contributed by atoms with Crippen molar-refractivity contribution in [3.63, 3.8) is 0 Å². The van der Waals surface area contributed by atoms with Crippen LogP contribution >= 0.6 is 0 Å². The summed E-state index contributed by atoms with van der Waals surface area (Å²) in [5.41, 5.74) is 3.94. The Morgan fingerprint density at radius 1 is 0.956 bits per heavy atom. The number of halogens is 1. The van der Waals surface area contributed by atoms with Crippen LogP contribution in [-0.4, -0.2) is 71.2 Å². The van der Waals surface area contributed by atoms with Gasteiger partial charge < -0.3 is 19.4 Å². The van der Waals surface area contributed by atoms with Gasteiger partial charge in [-0.1, -0.05) is 42.0 Å². The van der Waals surface area contributed by atoms with E-state index in [1.54, 1.807) is 12.1 Å². The van der Waals surface area contributed by atoms with E-state index in [2.05, 4.69) is 38.7 Å². The van der Waals surface area contributed by atoms with Crippen LogP contribution in [0.15, 0.2) is 72.9 Å². The number of amides is 1. The topological polar surface area (TPSA) is 59.0 Å². The minimum atomic E-state index is -0.245. The van der Waals surface area contributed by atoms with Gasteiger partial charge in [-0.3, -0.25) is 14.6 Å². The number of carbonyl (C=O) groups is 1. The number of piperazine rings is 1. The van der Waals surface area contributed by atoms with Crippen LogP contribution in [0.3, 0.4) is 0 Å². The number of ether oxygens (including phenoxy) is 2. The van der Waals surface area contributed by atoms with Gasteiger partial charge in [0.05, 0.1) is 17.2 Å². The number of aryl methyl sites for hydroxylation is 2. The molecule has 3 aromatic carbocycles. The summed E-state index contributed by atoms with van der Waals surface area (Å²) >= 11 is 0. The Hall–Kier alpha value is -3.88. The van der Waals surface area contributed by atoms with E-state index in [0.29, 0.717) is 36.5 Å². The molecule has 1 N–H and O–H groups in total. The van der Waals surface area contributed by atoms with Gasteiger partial charge in [0.2, 0.25) is 0 Å². The molecule has 238 valence electrons. The standard InChI is InChI=1S/C37H45FN4O3/c1-26(2)45-35-10-5-9-33-34(37(43)39-22-28-8-4-7-27(3)21-28)25-42(36(33)35)18-6-17-40-23-31-14-13-30(40)24-41(31)19-20-44-32-15-11-29(38)12-16-32/h4-5,7-12,15-16,21,25-26,30-31H,6,13-14,17-20,22-24H2,1-3H3,(H,39,43). The average Bonchev–Trinajstić information content (AvgIpc) is 3.41. The van der Waals surface area contributed by atoms with E-state index in [1.807, 2.05) is 50.4 Å². The van der Waals surface area contributed by atoms with E-state index in [-0.39, 0.29) is 17.8 Å². The van der Waals surface area contributed by atoms with Crippen LogP contribution in [-0.2, 0) is 13.1 Å². The first kappa shape index (κ1) is 31.1. The molecule has 8 heteroatoms. The lowest BCUT2D eigenvalue weighted by Gasteiger charge is -2.51. The molecule has 2 unspecified atom stereocenters. The van der Waals surface area contributed by atoms with Gasteiger partial charge >= 0.3 is 0 Å². The maximum atomic E-state index is 13.5. The van der Waals surface area contributed by atoms with Gasteiger partial charge in [0.25, 0.3) is 5.91 Å². The third-order valence-corrected chi connectivity index (χ3v) is 9.07. The molecule has 0 spiro atoms. The number of fused-ring (bicyclic) bond motifs is 4. The second-order valence-corrected chi connectivity index (χ2v) is 12.8. The molecule has 1 amide bonds. The van der Waals surface area contributed by atoms with E-state index in [1.165, 1.54) is 30.5 Å². The van der Waals surface area contributed by atoms with Crippen LogP contribution < -0.4 is 14.8 Å². The number of benzene rings is 3. The van der Waals surface area contributed by atoms with Gasteiger partial charge in [0.1, 0.15) is 23.9 Å². The van der Waals surface area contributed by atoms with E-state index >= 15 is 0 Å². The summed E-state index contributed by atoms with van der Waals surface area (Å²) in [6, 6.07) is 21.6. The molecule has 3 aliphatic rings. The number of piperidine rings is 2. The lowest BCUT2D eigenvalue weighted by molar-refractivity contribution is -0.0259. The Labute approximate surface area is 265 Å². The highest BCUT2D eigenvalue weighted by molar-refractivity contribution is 6.08. The van der Waals surface area contributed by atoms with Crippen molar-refractivity contribution in [2.75, 3.05) is 32.8 Å². The van der Waals surface area contributed by atoms with Crippen molar-refractivity contribution in [3.8, 4) is 11.5 Å². The van der Waals surface area contributed by atoms with Crippen LogP contribution in [0.5, 0.6) is 11.5 Å². The summed E-state index contributed by atoms with van der Waals surface area (Å²) in [6.07, 6.45) is 5.47. The number of nitrogens with zero attached hydrogens (tertiary/aromatic N) is 3. The van der Waals surface area contributed by atoms with E-state index in [4.69, 9.17) is 9.47 Å². The monoisotopic (exact) mass is 612 g/mol. The third kappa shape index (κ3) is 7.51. The molecular weight excluding hydrogens is 567 g/mol. The number of aromatic nitrogens is 1. The predicted molar refractivity (Wildman–Crippen MR) is 177 cm³/mol. The Morgan fingerprint density at radius 2 is 1.69 bits per heavy atom. The second-order valence-electron chi connectivity index (χ2n) is 12.8. The quantitative estimate of drug-likeness (QED) is 0.189. The predicted octanol–water partition coefficient (Wildman–Crippen LogP) is 6.42. The molecule has 3 aliphatic heterocycles. The summed E-state index contributed by atoms with van der Waals surface area (Å²) in [5.74, 6) is 1.21. The van der Waals surface area contributed by atoms with E-state index in [0.717, 1.165) is 61.4 Å². The van der Waals surface area contributed by atoms with Gasteiger partial charge in [-0.05, 0) is 75.9 Å². The second kappa shape index (κ2) is 14.0. The van der Waals surface area contributed by atoms with Gasteiger partial charge in [-0.15, -0.1) is 0 Å². The summed E-state index contributed by atoms with van der Waals surface area (Å²) in [7, 11) is 0. The van der Waals surface area contributed by atoms with Crippen molar-refractivity contribution in [3.05, 3.63) is 95.4 Å². The number of carbonyl (C=O) groups excluding carboxylic acids is 1. The number of nitrogens with one attached hydrogen (secondary N) is 1. The van der Waals surface area contributed by atoms with Crippen LogP contribution in [0.1, 0.15) is 54.6 Å². The molecule has 1 aromatic heterocycles. The lowest BCUT2D eigenvalue weighted by atomic mass is 9.90. The van der Waals surface area contributed by atoms with E-state index in [9.17, 15) is 9.18 Å².